The van der Waals surface area contributed by atoms with Gasteiger partial charge in [0.25, 0.3) is 5.91 Å². The van der Waals surface area contributed by atoms with E-state index in [1.165, 1.54) is 0 Å². The molecule has 0 saturated carbocycles. The summed E-state index contributed by atoms with van der Waals surface area (Å²) in [6, 6.07) is 24.2. The lowest BCUT2D eigenvalue weighted by Crippen LogP contribution is -2.52. The minimum absolute atomic E-state index is 0.166. The molecule has 3 aromatic rings. The molecule has 0 aliphatic carbocycles. The van der Waals surface area contributed by atoms with Crippen LogP contribution in [0.25, 0.3) is 0 Å². The van der Waals surface area contributed by atoms with Gasteiger partial charge in [0.1, 0.15) is 11.8 Å². The van der Waals surface area contributed by atoms with E-state index in [2.05, 4.69) is 37.2 Å². The maximum Gasteiger partial charge on any atom is 0.261 e. The van der Waals surface area contributed by atoms with Gasteiger partial charge in [-0.05, 0) is 53.4 Å². The van der Waals surface area contributed by atoms with Gasteiger partial charge < -0.3 is 15.0 Å². The molecule has 1 N–H and O–H groups in total. The van der Waals surface area contributed by atoms with Crippen molar-refractivity contribution in [2.45, 2.75) is 32.9 Å². The van der Waals surface area contributed by atoms with Crippen molar-refractivity contribution in [3.05, 3.63) is 98.9 Å². The maximum atomic E-state index is 13.5. The van der Waals surface area contributed by atoms with E-state index >= 15 is 0 Å². The van der Waals surface area contributed by atoms with Crippen LogP contribution in [0.15, 0.2) is 87.8 Å². The van der Waals surface area contributed by atoms with Gasteiger partial charge in [-0.15, -0.1) is 0 Å². The summed E-state index contributed by atoms with van der Waals surface area (Å²) in [7, 11) is 0. The number of carbonyl (C=O) groups is 2. The second-order valence-electron chi connectivity index (χ2n) is 8.74. The zero-order valence-electron chi connectivity index (χ0n) is 19.9. The summed E-state index contributed by atoms with van der Waals surface area (Å²) in [4.78, 5) is 28.6. The highest BCUT2D eigenvalue weighted by Gasteiger charge is 2.30. The van der Waals surface area contributed by atoms with Crippen molar-refractivity contribution in [1.82, 2.24) is 10.2 Å². The number of rotatable bonds is 11. The third-order valence-electron chi connectivity index (χ3n) is 5.40. The van der Waals surface area contributed by atoms with Gasteiger partial charge in [0.2, 0.25) is 5.91 Å². The molecule has 184 valence electrons. The first kappa shape index (κ1) is 27.0. The van der Waals surface area contributed by atoms with E-state index in [9.17, 15) is 9.59 Å². The van der Waals surface area contributed by atoms with E-state index in [1.807, 2.05) is 80.6 Å². The van der Waals surface area contributed by atoms with Gasteiger partial charge in [-0.25, -0.2) is 0 Å². The van der Waals surface area contributed by atoms with E-state index in [0.29, 0.717) is 31.2 Å². The summed E-state index contributed by atoms with van der Waals surface area (Å²) in [5, 5.41) is 3.03. The maximum absolute atomic E-state index is 13.5. The van der Waals surface area contributed by atoms with Crippen molar-refractivity contribution < 1.29 is 14.3 Å². The molecule has 2 amide bonds. The number of ether oxygens (including phenoxy) is 1. The average molecular weight is 602 g/mol. The smallest absolute Gasteiger partial charge is 0.261 e. The molecule has 0 radical (unpaired) electrons. The number of halogens is 2. The van der Waals surface area contributed by atoms with Gasteiger partial charge in [-0.1, -0.05) is 88.2 Å². The summed E-state index contributed by atoms with van der Waals surface area (Å²) >= 11 is 6.86. The molecule has 0 unspecified atom stereocenters. The second-order valence-corrected chi connectivity index (χ2v) is 10.6. The van der Waals surface area contributed by atoms with Crippen LogP contribution in [-0.4, -0.2) is 35.9 Å². The first-order chi connectivity index (χ1) is 16.8. The molecule has 35 heavy (non-hydrogen) atoms. The zero-order chi connectivity index (χ0) is 25.2. The Morgan fingerprint density at radius 1 is 0.857 bits per heavy atom. The molecule has 0 heterocycles. The molecule has 0 aliphatic rings. The number of nitrogens with one attached hydrogen (secondary N) is 1. The van der Waals surface area contributed by atoms with Crippen molar-refractivity contribution in [2.75, 3.05) is 13.2 Å². The van der Waals surface area contributed by atoms with Gasteiger partial charge in [-0.3, -0.25) is 9.59 Å². The van der Waals surface area contributed by atoms with Crippen LogP contribution in [0.2, 0.25) is 0 Å². The van der Waals surface area contributed by atoms with E-state index < -0.39 is 6.04 Å². The van der Waals surface area contributed by atoms with Crippen molar-refractivity contribution in [2.24, 2.45) is 5.92 Å². The Balaban J connectivity index is 1.88. The summed E-state index contributed by atoms with van der Waals surface area (Å²) < 4.78 is 7.67. The first-order valence-corrected chi connectivity index (χ1v) is 13.1. The van der Waals surface area contributed by atoms with Crippen LogP contribution < -0.4 is 10.1 Å². The number of nitrogens with zero attached hydrogens (tertiary/aromatic N) is 1. The highest BCUT2D eigenvalue weighted by Crippen LogP contribution is 2.19. The predicted octanol–water partition coefficient (Wildman–Crippen LogP) is 6.00. The molecule has 3 aromatic carbocycles. The van der Waals surface area contributed by atoms with Crippen LogP contribution in [0.3, 0.4) is 0 Å². The van der Waals surface area contributed by atoms with Crippen molar-refractivity contribution in [3.8, 4) is 5.75 Å². The molecule has 3 rings (SSSR count). The summed E-state index contributed by atoms with van der Waals surface area (Å²) in [5.41, 5.74) is 1.92. The van der Waals surface area contributed by atoms with E-state index in [0.717, 1.165) is 20.1 Å². The molecule has 7 heteroatoms. The van der Waals surface area contributed by atoms with Crippen LogP contribution in [0.1, 0.15) is 25.0 Å². The van der Waals surface area contributed by atoms with Crippen molar-refractivity contribution >= 4 is 43.7 Å². The summed E-state index contributed by atoms with van der Waals surface area (Å²) in [5.74, 6) is 0.467. The number of benzene rings is 3. The zero-order valence-corrected chi connectivity index (χ0v) is 23.1. The molecule has 5 nitrogen and oxygen atoms in total. The lowest BCUT2D eigenvalue weighted by atomic mass is 10.0. The standard InChI is InChI=1S/C28H30Br2N2O3/c1-20(2)17-31-28(34)26(16-21-6-4-3-5-7-21)32(18-22-8-10-23(29)11-9-22)27(33)19-35-25-14-12-24(30)13-15-25/h3-15,20,26H,16-19H2,1-2H3,(H,31,34)/t26-/m1/s1. The van der Waals surface area contributed by atoms with Crippen LogP contribution in [0.4, 0.5) is 0 Å². The Bertz CT molecular complexity index is 1090. The van der Waals surface area contributed by atoms with Crippen molar-refractivity contribution in [3.63, 3.8) is 0 Å². The Morgan fingerprint density at radius 3 is 2.06 bits per heavy atom. The van der Waals surface area contributed by atoms with Gasteiger partial charge in [0.05, 0.1) is 0 Å². The molecule has 0 saturated heterocycles. The normalized spacial score (nSPS) is 11.7. The monoisotopic (exact) mass is 600 g/mol. The summed E-state index contributed by atoms with van der Waals surface area (Å²) in [6.07, 6.45) is 0.408. The van der Waals surface area contributed by atoms with E-state index in [1.54, 1.807) is 17.0 Å². The third kappa shape index (κ3) is 8.82. The molecule has 0 bridgehead atoms. The van der Waals surface area contributed by atoms with E-state index in [-0.39, 0.29) is 18.4 Å². The Labute approximate surface area is 224 Å². The lowest BCUT2D eigenvalue weighted by molar-refractivity contribution is -0.142. The van der Waals surface area contributed by atoms with Crippen LogP contribution in [-0.2, 0) is 22.6 Å². The second kappa shape index (κ2) is 13.4. The third-order valence-corrected chi connectivity index (χ3v) is 6.46. The Kier molecular flexibility index (Phi) is 10.4. The van der Waals surface area contributed by atoms with Gasteiger partial charge in [0.15, 0.2) is 6.61 Å². The minimum Gasteiger partial charge on any atom is -0.484 e. The Hall–Kier alpha value is -2.64. The number of hydrogen-bond donors (Lipinski definition) is 1. The first-order valence-electron chi connectivity index (χ1n) is 11.6. The van der Waals surface area contributed by atoms with Gasteiger partial charge in [0, 0.05) is 28.5 Å². The molecule has 0 aliphatic heterocycles. The fraction of sp³-hybridized carbons (Fsp3) is 0.286. The molecule has 0 fully saturated rings. The quantitative estimate of drug-likeness (QED) is 0.293. The molecular weight excluding hydrogens is 572 g/mol. The minimum atomic E-state index is -0.680. The summed E-state index contributed by atoms with van der Waals surface area (Å²) in [6.45, 7) is 4.76. The van der Waals surface area contributed by atoms with E-state index in [4.69, 9.17) is 4.74 Å². The highest BCUT2D eigenvalue weighted by atomic mass is 79.9. The number of carbonyl (C=O) groups excluding carboxylic acids is 2. The van der Waals surface area contributed by atoms with Crippen LogP contribution in [0.5, 0.6) is 5.75 Å². The molecular formula is C28H30Br2N2O3. The van der Waals surface area contributed by atoms with Crippen molar-refractivity contribution in [1.29, 1.82) is 0 Å². The lowest BCUT2D eigenvalue weighted by Gasteiger charge is -2.31. The number of amides is 2. The fourth-order valence-electron chi connectivity index (χ4n) is 3.52. The average Bonchev–Trinajstić information content (AvgIpc) is 2.86. The fourth-order valence-corrected chi connectivity index (χ4v) is 4.05. The SMILES string of the molecule is CC(C)CNC(=O)[C@@H](Cc1ccccc1)N(Cc1ccc(Br)cc1)C(=O)COc1ccc(Br)cc1. The largest absolute Gasteiger partial charge is 0.484 e. The van der Waals surface area contributed by atoms with Gasteiger partial charge >= 0.3 is 0 Å². The Morgan fingerprint density at radius 2 is 1.46 bits per heavy atom. The van der Waals surface area contributed by atoms with Crippen LogP contribution >= 0.6 is 31.9 Å². The molecule has 0 spiro atoms. The predicted molar refractivity (Wildman–Crippen MR) is 146 cm³/mol. The highest BCUT2D eigenvalue weighted by molar-refractivity contribution is 9.10. The molecule has 0 aromatic heterocycles. The molecule has 1 atom stereocenters. The van der Waals surface area contributed by atoms with Crippen LogP contribution in [0, 0.1) is 5.92 Å². The topological polar surface area (TPSA) is 58.6 Å². The number of hydrogen-bond acceptors (Lipinski definition) is 3. The van der Waals surface area contributed by atoms with Gasteiger partial charge in [-0.2, -0.15) is 0 Å².